The second-order valence-electron chi connectivity index (χ2n) is 6.13. The van der Waals surface area contributed by atoms with E-state index in [0.717, 1.165) is 4.88 Å². The number of ether oxygens (including phenoxy) is 4. The number of hydrogen-bond donors (Lipinski definition) is 1. The Morgan fingerprint density at radius 2 is 1.75 bits per heavy atom. The number of carbonyl (C=O) groups is 1. The lowest BCUT2D eigenvalue weighted by atomic mass is 9.92. The Hall–Kier alpha value is -2.93. The molecule has 1 unspecified atom stereocenters. The maximum atomic E-state index is 13.2. The summed E-state index contributed by atoms with van der Waals surface area (Å²) in [5.74, 6) is 1.66. The van der Waals surface area contributed by atoms with E-state index in [-0.39, 0.29) is 17.5 Å². The summed E-state index contributed by atoms with van der Waals surface area (Å²) in [5.41, 5.74) is 1.02. The highest BCUT2D eigenvalue weighted by molar-refractivity contribution is 7.10. The molecule has 1 aliphatic rings. The lowest BCUT2D eigenvalue weighted by Gasteiger charge is -2.19. The Morgan fingerprint density at radius 1 is 1.07 bits per heavy atom. The van der Waals surface area contributed by atoms with Gasteiger partial charge in [0.25, 0.3) is 0 Å². The van der Waals surface area contributed by atoms with Crippen molar-refractivity contribution >= 4 is 17.1 Å². The van der Waals surface area contributed by atoms with Gasteiger partial charge in [-0.25, -0.2) is 0 Å². The van der Waals surface area contributed by atoms with Crippen LogP contribution in [-0.2, 0) is 4.74 Å². The van der Waals surface area contributed by atoms with Gasteiger partial charge in [-0.05, 0) is 29.7 Å². The van der Waals surface area contributed by atoms with Gasteiger partial charge in [0.05, 0.1) is 28.4 Å². The predicted octanol–water partition coefficient (Wildman–Crippen LogP) is 4.46. The molecule has 0 amide bonds. The van der Waals surface area contributed by atoms with Crippen molar-refractivity contribution < 1.29 is 28.8 Å². The van der Waals surface area contributed by atoms with Gasteiger partial charge in [-0.2, -0.15) is 0 Å². The maximum Gasteiger partial charge on any atom is 0.203 e. The third-order valence-corrected chi connectivity index (χ3v) is 5.65. The zero-order valence-corrected chi connectivity index (χ0v) is 17.0. The van der Waals surface area contributed by atoms with Crippen molar-refractivity contribution in [1.82, 2.24) is 0 Å². The number of carbonyl (C=O) groups excluding carboxylic acids is 1. The molecule has 2 aromatic rings. The molecular formula is C21H22O6S. The molecule has 0 fully saturated rings. The summed E-state index contributed by atoms with van der Waals surface area (Å²) in [6, 6.07) is 5.08. The average molecular weight is 402 g/mol. The molecule has 3 rings (SSSR count). The predicted molar refractivity (Wildman–Crippen MR) is 107 cm³/mol. The van der Waals surface area contributed by atoms with Crippen molar-refractivity contribution in [2.75, 3.05) is 28.4 Å². The van der Waals surface area contributed by atoms with Crippen molar-refractivity contribution in [3.63, 3.8) is 0 Å². The first-order chi connectivity index (χ1) is 13.5. The van der Waals surface area contributed by atoms with Crippen molar-refractivity contribution in [2.45, 2.75) is 12.3 Å². The Bertz CT molecular complexity index is 915. The second-order valence-corrected chi connectivity index (χ2v) is 7.07. The minimum Gasteiger partial charge on any atom is -0.508 e. The fourth-order valence-corrected chi connectivity index (χ4v) is 4.18. The highest BCUT2D eigenvalue weighted by Crippen LogP contribution is 2.40. The Labute approximate surface area is 167 Å². The third-order valence-electron chi connectivity index (χ3n) is 4.60. The topological polar surface area (TPSA) is 74.2 Å². The van der Waals surface area contributed by atoms with Crippen LogP contribution in [0.4, 0.5) is 0 Å². The number of methoxy groups -OCH3 is 4. The molecule has 0 radical (unpaired) electrons. The van der Waals surface area contributed by atoms with Crippen LogP contribution in [0.1, 0.15) is 33.1 Å². The Kier molecular flexibility index (Phi) is 5.94. The summed E-state index contributed by atoms with van der Waals surface area (Å²) in [4.78, 5) is 14.1. The van der Waals surface area contributed by atoms with E-state index >= 15 is 0 Å². The zero-order valence-electron chi connectivity index (χ0n) is 16.1. The highest BCUT2D eigenvalue weighted by Gasteiger charge is 2.26. The lowest BCUT2D eigenvalue weighted by Crippen LogP contribution is -2.09. The summed E-state index contributed by atoms with van der Waals surface area (Å²) in [6.45, 7) is 0. The summed E-state index contributed by atoms with van der Waals surface area (Å²) in [5, 5.41) is 12.0. The van der Waals surface area contributed by atoms with Crippen LogP contribution in [0.5, 0.6) is 17.2 Å². The van der Waals surface area contributed by atoms with Gasteiger partial charge in [0.15, 0.2) is 23.0 Å². The molecule has 0 bridgehead atoms. The fourth-order valence-electron chi connectivity index (χ4n) is 3.21. The molecule has 0 saturated carbocycles. The number of benzene rings is 1. The van der Waals surface area contributed by atoms with E-state index in [1.54, 1.807) is 24.3 Å². The summed E-state index contributed by atoms with van der Waals surface area (Å²) < 4.78 is 21.2. The van der Waals surface area contributed by atoms with E-state index < -0.39 is 0 Å². The molecule has 1 aliphatic carbocycles. The number of aliphatic hydroxyl groups excluding tert-OH is 1. The lowest BCUT2D eigenvalue weighted by molar-refractivity contribution is 0.103. The molecule has 1 aromatic carbocycles. The first kappa shape index (κ1) is 19.8. The van der Waals surface area contributed by atoms with Gasteiger partial charge in [-0.3, -0.25) is 4.79 Å². The van der Waals surface area contributed by atoms with E-state index in [1.807, 2.05) is 11.5 Å². The quantitative estimate of drug-likeness (QED) is 0.689. The molecule has 1 N–H and O–H groups in total. The van der Waals surface area contributed by atoms with Gasteiger partial charge in [0.2, 0.25) is 5.75 Å². The number of rotatable bonds is 7. The molecule has 1 aromatic heterocycles. The van der Waals surface area contributed by atoms with Crippen molar-refractivity contribution in [1.29, 1.82) is 0 Å². The van der Waals surface area contributed by atoms with Crippen LogP contribution in [-0.4, -0.2) is 39.3 Å². The molecule has 0 saturated heterocycles. The minimum absolute atomic E-state index is 0.0973. The second kappa shape index (κ2) is 8.39. The van der Waals surface area contributed by atoms with E-state index in [9.17, 15) is 9.90 Å². The van der Waals surface area contributed by atoms with Gasteiger partial charge in [0.1, 0.15) is 5.76 Å². The number of thiophene rings is 1. The maximum absolute atomic E-state index is 13.2. The normalized spacial score (nSPS) is 16.1. The largest absolute Gasteiger partial charge is 0.508 e. The minimum atomic E-state index is -0.148. The standard InChI is InChI=1S/C21H22O6S/c1-24-16-6-5-12(9-15(16)22)21-14(7-8-28-21)19(23)13-10-17(25-2)20(27-4)18(11-13)26-3/h5-8,10-12,22H,9H2,1-4H3. The van der Waals surface area contributed by atoms with Crippen LogP contribution in [0.15, 0.2) is 47.2 Å². The van der Waals surface area contributed by atoms with E-state index in [4.69, 9.17) is 18.9 Å². The average Bonchev–Trinajstić information content (AvgIpc) is 3.21. The summed E-state index contributed by atoms with van der Waals surface area (Å²) >= 11 is 1.48. The van der Waals surface area contributed by atoms with Gasteiger partial charge in [0, 0.05) is 28.3 Å². The first-order valence-electron chi connectivity index (χ1n) is 8.60. The molecule has 148 valence electrons. The van der Waals surface area contributed by atoms with Crippen LogP contribution >= 0.6 is 11.3 Å². The van der Waals surface area contributed by atoms with Gasteiger partial charge in [-0.1, -0.05) is 6.08 Å². The Morgan fingerprint density at radius 3 is 2.29 bits per heavy atom. The van der Waals surface area contributed by atoms with E-state index in [0.29, 0.717) is 40.6 Å². The van der Waals surface area contributed by atoms with E-state index in [2.05, 4.69) is 0 Å². The molecule has 0 aliphatic heterocycles. The summed E-state index contributed by atoms with van der Waals surface area (Å²) in [6.07, 6.45) is 4.06. The SMILES string of the molecule is COC1=C(O)CC(c2sccc2C(=O)c2cc(OC)c(OC)c(OC)c2)C=C1. The highest BCUT2D eigenvalue weighted by atomic mass is 32.1. The smallest absolute Gasteiger partial charge is 0.203 e. The number of hydrogen-bond acceptors (Lipinski definition) is 7. The van der Waals surface area contributed by atoms with Crippen LogP contribution in [0.25, 0.3) is 0 Å². The van der Waals surface area contributed by atoms with Crippen LogP contribution in [0.3, 0.4) is 0 Å². The molecular weight excluding hydrogens is 380 g/mol. The fraction of sp³-hybridized carbons (Fsp3) is 0.286. The molecule has 6 nitrogen and oxygen atoms in total. The van der Waals surface area contributed by atoms with Crippen LogP contribution in [0, 0.1) is 0 Å². The first-order valence-corrected chi connectivity index (χ1v) is 9.48. The van der Waals surface area contributed by atoms with Gasteiger partial charge in [-0.15, -0.1) is 11.3 Å². The molecule has 7 heteroatoms. The summed E-state index contributed by atoms with van der Waals surface area (Å²) in [7, 11) is 6.05. The molecule has 28 heavy (non-hydrogen) atoms. The third kappa shape index (κ3) is 3.57. The Balaban J connectivity index is 1.97. The molecule has 1 heterocycles. The molecule has 1 atom stereocenters. The van der Waals surface area contributed by atoms with Crippen molar-refractivity contribution in [3.8, 4) is 17.2 Å². The van der Waals surface area contributed by atoms with Crippen LogP contribution in [0.2, 0.25) is 0 Å². The number of allylic oxidation sites excluding steroid dienone is 3. The monoisotopic (exact) mass is 402 g/mol. The number of ketones is 1. The zero-order chi connectivity index (χ0) is 20.3. The van der Waals surface area contributed by atoms with Gasteiger partial charge >= 0.3 is 0 Å². The van der Waals surface area contributed by atoms with E-state index in [1.165, 1.54) is 39.8 Å². The van der Waals surface area contributed by atoms with Gasteiger partial charge < -0.3 is 24.1 Å². The molecule has 0 spiro atoms. The van der Waals surface area contributed by atoms with Crippen LogP contribution < -0.4 is 14.2 Å². The van der Waals surface area contributed by atoms with Crippen molar-refractivity contribution in [2.24, 2.45) is 0 Å². The number of aliphatic hydroxyl groups is 1. The van der Waals surface area contributed by atoms with Crippen molar-refractivity contribution in [3.05, 3.63) is 63.3 Å².